The van der Waals surface area contributed by atoms with Crippen LogP contribution in [0.15, 0.2) is 33.9 Å². The minimum Gasteiger partial charge on any atom is -0.321 e. The number of nitrogens with two attached hydrogens (primary N) is 1. The van der Waals surface area contributed by atoms with Crippen LogP contribution in [-0.4, -0.2) is 9.47 Å². The van der Waals surface area contributed by atoms with E-state index >= 15 is 0 Å². The lowest BCUT2D eigenvalue weighted by Crippen LogP contribution is -2.42. The molecule has 78 valence electrons. The first kappa shape index (κ1) is 9.51. The van der Waals surface area contributed by atoms with E-state index in [2.05, 4.69) is 0 Å². The second kappa shape index (κ2) is 3.27. The number of aromatic nitrogens is 2. The molecule has 2 rings (SSSR count). The summed E-state index contributed by atoms with van der Waals surface area (Å²) in [5.41, 5.74) is -0.595. The van der Waals surface area contributed by atoms with E-state index in [1.807, 2.05) is 0 Å². The van der Waals surface area contributed by atoms with Crippen LogP contribution in [0, 0.1) is 0 Å². The third-order valence-electron chi connectivity index (χ3n) is 2.39. The second-order valence-electron chi connectivity index (χ2n) is 3.22. The van der Waals surface area contributed by atoms with Crippen molar-refractivity contribution in [3.8, 4) is 0 Å². The fourth-order valence-corrected chi connectivity index (χ4v) is 1.62. The maximum Gasteiger partial charge on any atom is 0.292 e. The first-order valence-corrected chi connectivity index (χ1v) is 4.66. The third-order valence-corrected chi connectivity index (χ3v) is 2.39. The van der Waals surface area contributed by atoms with Gasteiger partial charge in [0.05, 0.1) is 10.8 Å². The Balaban J connectivity index is 3.10. The number of fused-ring (bicyclic) bond motifs is 1. The van der Waals surface area contributed by atoms with E-state index in [-0.39, 0.29) is 11.1 Å². The molecular weight excluding hydrogens is 194 g/mol. The maximum atomic E-state index is 11.9. The summed E-state index contributed by atoms with van der Waals surface area (Å²) in [6.07, 6.45) is 0. The SMILES string of the molecule is CCn1c(=O)c2ccccc2c(=O)n1N. The van der Waals surface area contributed by atoms with Gasteiger partial charge in [0, 0.05) is 6.54 Å². The normalized spacial score (nSPS) is 10.7. The summed E-state index contributed by atoms with van der Waals surface area (Å²) in [4.78, 5) is 24.5. The zero-order valence-corrected chi connectivity index (χ0v) is 8.30. The Morgan fingerprint density at radius 3 is 2.20 bits per heavy atom. The molecule has 0 aliphatic rings. The molecular formula is C10H11N3O2. The summed E-state index contributed by atoms with van der Waals surface area (Å²) < 4.78 is 1.21. The predicted molar refractivity (Wildman–Crippen MR) is 58.3 cm³/mol. The van der Waals surface area contributed by atoms with Crippen LogP contribution in [0.2, 0.25) is 0 Å². The minimum absolute atomic E-state index is 0.241. The molecule has 1 heterocycles. The van der Waals surface area contributed by atoms with Crippen molar-refractivity contribution < 1.29 is 0 Å². The number of nitrogens with zero attached hydrogens (tertiary/aromatic N) is 2. The van der Waals surface area contributed by atoms with Crippen LogP contribution in [0.1, 0.15) is 6.92 Å². The smallest absolute Gasteiger partial charge is 0.292 e. The summed E-state index contributed by atoms with van der Waals surface area (Å²) in [6.45, 7) is 2.13. The van der Waals surface area contributed by atoms with Crippen LogP contribution in [0.4, 0.5) is 0 Å². The van der Waals surface area contributed by atoms with Gasteiger partial charge in [-0.25, -0.2) is 4.68 Å². The molecule has 0 radical (unpaired) electrons. The van der Waals surface area contributed by atoms with E-state index in [0.717, 1.165) is 4.79 Å². The molecule has 0 amide bonds. The number of benzene rings is 1. The van der Waals surface area contributed by atoms with Crippen molar-refractivity contribution >= 4 is 10.8 Å². The molecule has 15 heavy (non-hydrogen) atoms. The lowest BCUT2D eigenvalue weighted by molar-refractivity contribution is 0.516. The fourth-order valence-electron chi connectivity index (χ4n) is 1.62. The molecule has 1 aromatic carbocycles. The highest BCUT2D eigenvalue weighted by Crippen LogP contribution is 2.02. The minimum atomic E-state index is -0.355. The van der Waals surface area contributed by atoms with Crippen molar-refractivity contribution in [2.45, 2.75) is 13.5 Å². The molecule has 5 heteroatoms. The number of hydrogen-bond acceptors (Lipinski definition) is 3. The zero-order chi connectivity index (χ0) is 11.0. The molecule has 2 aromatic rings. The van der Waals surface area contributed by atoms with E-state index in [4.69, 9.17) is 5.84 Å². The highest BCUT2D eigenvalue weighted by atomic mass is 16.2. The molecule has 2 N–H and O–H groups in total. The van der Waals surface area contributed by atoms with E-state index in [1.54, 1.807) is 31.2 Å². The molecule has 0 saturated carbocycles. The Hall–Kier alpha value is -2.04. The summed E-state index contributed by atoms with van der Waals surface area (Å²) >= 11 is 0. The van der Waals surface area contributed by atoms with Crippen molar-refractivity contribution in [1.82, 2.24) is 9.47 Å². The molecule has 0 fully saturated rings. The van der Waals surface area contributed by atoms with Crippen LogP contribution in [-0.2, 0) is 6.54 Å². The zero-order valence-electron chi connectivity index (χ0n) is 8.30. The van der Waals surface area contributed by atoms with Gasteiger partial charge in [-0.1, -0.05) is 12.1 Å². The molecule has 1 aromatic heterocycles. The van der Waals surface area contributed by atoms with Crippen molar-refractivity contribution in [2.24, 2.45) is 0 Å². The fraction of sp³-hybridized carbons (Fsp3) is 0.200. The summed E-state index contributed by atoms with van der Waals surface area (Å²) in [5.74, 6) is 5.53. The van der Waals surface area contributed by atoms with Gasteiger partial charge in [-0.15, -0.1) is 0 Å². The Bertz CT molecular complexity index is 625. The second-order valence-corrected chi connectivity index (χ2v) is 3.22. The first-order valence-electron chi connectivity index (χ1n) is 4.66. The van der Waals surface area contributed by atoms with Gasteiger partial charge in [-0.2, -0.15) is 4.79 Å². The van der Waals surface area contributed by atoms with Crippen molar-refractivity contribution in [2.75, 3.05) is 5.84 Å². The van der Waals surface area contributed by atoms with E-state index in [9.17, 15) is 9.59 Å². The molecule has 5 nitrogen and oxygen atoms in total. The average molecular weight is 205 g/mol. The molecule has 0 bridgehead atoms. The van der Waals surface area contributed by atoms with Crippen LogP contribution < -0.4 is 17.0 Å². The highest BCUT2D eigenvalue weighted by Gasteiger charge is 2.08. The molecule has 0 aliphatic heterocycles. The molecule has 0 aliphatic carbocycles. The topological polar surface area (TPSA) is 70.0 Å². The monoisotopic (exact) mass is 205 g/mol. The van der Waals surface area contributed by atoms with Gasteiger partial charge < -0.3 is 5.84 Å². The van der Waals surface area contributed by atoms with Gasteiger partial charge >= 0.3 is 0 Å². The Morgan fingerprint density at radius 1 is 1.13 bits per heavy atom. The summed E-state index contributed by atoms with van der Waals surface area (Å²) in [6, 6.07) is 6.66. The van der Waals surface area contributed by atoms with E-state index < -0.39 is 0 Å². The molecule has 0 saturated heterocycles. The van der Waals surface area contributed by atoms with Crippen LogP contribution >= 0.6 is 0 Å². The predicted octanol–water partition coefficient (Wildman–Crippen LogP) is -0.103. The lowest BCUT2D eigenvalue weighted by Gasteiger charge is -2.09. The van der Waals surface area contributed by atoms with E-state index in [1.165, 1.54) is 4.68 Å². The van der Waals surface area contributed by atoms with Gasteiger partial charge in [0.25, 0.3) is 11.1 Å². The van der Waals surface area contributed by atoms with Crippen LogP contribution in [0.5, 0.6) is 0 Å². The van der Waals surface area contributed by atoms with Crippen LogP contribution in [0.25, 0.3) is 10.8 Å². The Labute approximate surface area is 85.3 Å². The van der Waals surface area contributed by atoms with E-state index in [0.29, 0.717) is 17.3 Å². The van der Waals surface area contributed by atoms with Gasteiger partial charge in [-0.3, -0.25) is 9.59 Å². The largest absolute Gasteiger partial charge is 0.321 e. The van der Waals surface area contributed by atoms with Gasteiger partial charge in [0.15, 0.2) is 0 Å². The molecule has 0 atom stereocenters. The number of hydrogen-bond donors (Lipinski definition) is 1. The quantitative estimate of drug-likeness (QED) is 0.661. The highest BCUT2D eigenvalue weighted by molar-refractivity contribution is 5.80. The molecule has 0 unspecified atom stereocenters. The van der Waals surface area contributed by atoms with Gasteiger partial charge in [0.1, 0.15) is 0 Å². The Kier molecular flexibility index (Phi) is 2.07. The van der Waals surface area contributed by atoms with Crippen molar-refractivity contribution in [3.05, 3.63) is 45.0 Å². The Morgan fingerprint density at radius 2 is 1.67 bits per heavy atom. The van der Waals surface area contributed by atoms with Gasteiger partial charge in [0.2, 0.25) is 0 Å². The van der Waals surface area contributed by atoms with Crippen molar-refractivity contribution in [3.63, 3.8) is 0 Å². The van der Waals surface area contributed by atoms with Crippen molar-refractivity contribution in [1.29, 1.82) is 0 Å². The number of rotatable bonds is 1. The lowest BCUT2D eigenvalue weighted by atomic mass is 10.2. The summed E-state index contributed by atoms with van der Waals surface area (Å²) in [5, 5.41) is 0.765. The first-order chi connectivity index (χ1) is 7.16. The van der Waals surface area contributed by atoms with Gasteiger partial charge in [-0.05, 0) is 19.1 Å². The number of nitrogen functional groups attached to an aromatic ring is 1. The third kappa shape index (κ3) is 1.24. The average Bonchev–Trinajstić information content (AvgIpc) is 2.27. The van der Waals surface area contributed by atoms with Crippen LogP contribution in [0.3, 0.4) is 0 Å². The summed E-state index contributed by atoms with van der Waals surface area (Å²) in [7, 11) is 0. The maximum absolute atomic E-state index is 11.9. The molecule has 0 spiro atoms. The standard InChI is InChI=1S/C10H11N3O2/c1-2-12-9(14)7-5-3-4-6-8(7)10(15)13(12)11/h3-6H,2,11H2,1H3.